The quantitative estimate of drug-likeness (QED) is 0.406. The second kappa shape index (κ2) is 8.77. The van der Waals surface area contributed by atoms with Crippen molar-refractivity contribution in [1.29, 1.82) is 0 Å². The van der Waals surface area contributed by atoms with Gasteiger partial charge in [-0.2, -0.15) is 0 Å². The highest BCUT2D eigenvalue weighted by molar-refractivity contribution is 6.33. The summed E-state index contributed by atoms with van der Waals surface area (Å²) in [5, 5.41) is 3.77. The van der Waals surface area contributed by atoms with Crippen LogP contribution < -0.4 is 22.1 Å². The number of pyridine rings is 1. The van der Waals surface area contributed by atoms with E-state index in [4.69, 9.17) is 11.6 Å². The highest BCUT2D eigenvalue weighted by Crippen LogP contribution is 2.29. The maximum atomic E-state index is 13.9. The third-order valence-electron chi connectivity index (χ3n) is 5.84. The molecule has 7 nitrogen and oxygen atoms in total. The molecule has 0 aliphatic carbocycles. The van der Waals surface area contributed by atoms with E-state index in [9.17, 15) is 14.4 Å². The number of rotatable bonds is 4. The van der Waals surface area contributed by atoms with Crippen molar-refractivity contribution in [3.05, 3.63) is 127 Å². The van der Waals surface area contributed by atoms with Crippen molar-refractivity contribution < 1.29 is 0 Å². The first-order valence-corrected chi connectivity index (χ1v) is 11.3. The van der Waals surface area contributed by atoms with Crippen molar-refractivity contribution >= 4 is 34.0 Å². The Hall–Kier alpha value is -4.36. The van der Waals surface area contributed by atoms with Gasteiger partial charge in [0.25, 0.3) is 11.1 Å². The maximum absolute atomic E-state index is 13.9. The van der Waals surface area contributed by atoms with Crippen LogP contribution in [0.5, 0.6) is 0 Å². The van der Waals surface area contributed by atoms with Gasteiger partial charge in [-0.3, -0.25) is 14.2 Å². The van der Waals surface area contributed by atoms with E-state index in [0.29, 0.717) is 22.1 Å². The SMILES string of the molecule is Cc1ccc(Nc2cc(=O)n(C)c3c2c(=O)n(-c2ccccc2)c(=O)n3-c2ccccc2)c(Cl)c1. The molecule has 3 aromatic carbocycles. The number of hydrogen-bond donors (Lipinski definition) is 1. The minimum Gasteiger partial charge on any atom is -0.353 e. The number of nitrogens with zero attached hydrogens (tertiary/aromatic N) is 3. The fraction of sp³-hybridized carbons (Fsp3) is 0.0741. The summed E-state index contributed by atoms with van der Waals surface area (Å²) in [7, 11) is 1.54. The molecule has 0 saturated heterocycles. The average Bonchev–Trinajstić information content (AvgIpc) is 2.85. The zero-order valence-electron chi connectivity index (χ0n) is 19.0. The number of nitrogens with one attached hydrogen (secondary N) is 1. The van der Waals surface area contributed by atoms with Crippen LogP contribution in [-0.4, -0.2) is 13.7 Å². The molecule has 0 spiro atoms. The molecule has 0 aliphatic rings. The van der Waals surface area contributed by atoms with Crippen LogP contribution >= 0.6 is 11.6 Å². The topological polar surface area (TPSA) is 78.0 Å². The van der Waals surface area contributed by atoms with E-state index in [1.165, 1.54) is 15.2 Å². The van der Waals surface area contributed by atoms with Crippen molar-refractivity contribution in [3.63, 3.8) is 0 Å². The van der Waals surface area contributed by atoms with Gasteiger partial charge in [0.15, 0.2) is 0 Å². The van der Waals surface area contributed by atoms with Gasteiger partial charge in [-0.1, -0.05) is 54.1 Å². The Kier molecular flexibility index (Phi) is 5.62. The van der Waals surface area contributed by atoms with Gasteiger partial charge in [0, 0.05) is 13.1 Å². The summed E-state index contributed by atoms with van der Waals surface area (Å²) in [6.07, 6.45) is 0. The Morgan fingerprint density at radius 1 is 0.743 bits per heavy atom. The normalized spacial score (nSPS) is 11.1. The third kappa shape index (κ3) is 3.86. The maximum Gasteiger partial charge on any atom is 0.341 e. The predicted molar refractivity (Wildman–Crippen MR) is 140 cm³/mol. The van der Waals surface area contributed by atoms with Gasteiger partial charge in [0.05, 0.1) is 27.8 Å². The lowest BCUT2D eigenvalue weighted by atomic mass is 10.2. The summed E-state index contributed by atoms with van der Waals surface area (Å²) in [6, 6.07) is 24.4. The Bertz CT molecular complexity index is 1750. The van der Waals surface area contributed by atoms with Crippen molar-refractivity contribution in [2.75, 3.05) is 5.32 Å². The summed E-state index contributed by atoms with van der Waals surface area (Å²) in [5.74, 6) is 0. The van der Waals surface area contributed by atoms with E-state index in [0.717, 1.165) is 10.1 Å². The smallest absolute Gasteiger partial charge is 0.341 e. The Balaban J connectivity index is 1.95. The number of aromatic nitrogens is 3. The lowest BCUT2D eigenvalue weighted by molar-refractivity contribution is 0.784. The predicted octanol–water partition coefficient (Wildman–Crippen LogP) is 4.55. The number of benzene rings is 3. The number of fused-ring (bicyclic) bond motifs is 1. The highest BCUT2D eigenvalue weighted by Gasteiger charge is 2.22. The summed E-state index contributed by atoms with van der Waals surface area (Å²) in [6.45, 7) is 1.92. The van der Waals surface area contributed by atoms with E-state index in [1.54, 1.807) is 73.8 Å². The van der Waals surface area contributed by atoms with Gasteiger partial charge in [-0.15, -0.1) is 0 Å². The molecule has 1 N–H and O–H groups in total. The molecule has 174 valence electrons. The van der Waals surface area contributed by atoms with Crippen molar-refractivity contribution in [2.45, 2.75) is 6.92 Å². The Morgan fingerprint density at radius 3 is 1.94 bits per heavy atom. The summed E-state index contributed by atoms with van der Waals surface area (Å²) < 4.78 is 3.80. The van der Waals surface area contributed by atoms with Gasteiger partial charge < -0.3 is 5.32 Å². The molecular formula is C27H21ClN4O3. The molecule has 0 radical (unpaired) electrons. The first-order chi connectivity index (χ1) is 16.9. The van der Waals surface area contributed by atoms with Gasteiger partial charge in [-0.05, 0) is 48.9 Å². The van der Waals surface area contributed by atoms with Crippen LogP contribution in [0.1, 0.15) is 5.56 Å². The third-order valence-corrected chi connectivity index (χ3v) is 6.16. The number of aryl methyl sites for hydroxylation is 2. The molecule has 0 bridgehead atoms. The summed E-state index contributed by atoms with van der Waals surface area (Å²) in [4.78, 5) is 40.7. The molecule has 5 rings (SSSR count). The van der Waals surface area contributed by atoms with Crippen LogP contribution in [0.25, 0.3) is 22.4 Å². The zero-order valence-corrected chi connectivity index (χ0v) is 19.8. The monoisotopic (exact) mass is 484 g/mol. The molecule has 0 aliphatic heterocycles. The van der Waals surface area contributed by atoms with Crippen LogP contribution in [0.4, 0.5) is 11.4 Å². The average molecular weight is 485 g/mol. The fourth-order valence-electron chi connectivity index (χ4n) is 4.13. The first kappa shape index (κ1) is 22.4. The molecule has 0 amide bonds. The van der Waals surface area contributed by atoms with Crippen LogP contribution in [0.15, 0.2) is 99.3 Å². The van der Waals surface area contributed by atoms with E-state index >= 15 is 0 Å². The molecule has 8 heteroatoms. The zero-order chi connectivity index (χ0) is 24.7. The van der Waals surface area contributed by atoms with E-state index in [1.807, 2.05) is 19.1 Å². The first-order valence-electron chi connectivity index (χ1n) is 10.9. The minimum absolute atomic E-state index is 0.177. The van der Waals surface area contributed by atoms with Gasteiger partial charge in [-0.25, -0.2) is 13.9 Å². The van der Waals surface area contributed by atoms with Crippen LogP contribution in [0.2, 0.25) is 5.02 Å². The number of anilines is 2. The molecule has 0 saturated carbocycles. The largest absolute Gasteiger partial charge is 0.353 e. The Labute approximate surface area is 205 Å². The lowest BCUT2D eigenvalue weighted by Crippen LogP contribution is -2.40. The van der Waals surface area contributed by atoms with Crippen LogP contribution in [0.3, 0.4) is 0 Å². The molecule has 5 aromatic rings. The second-order valence-electron chi connectivity index (χ2n) is 8.19. The molecule has 2 heterocycles. The van der Waals surface area contributed by atoms with E-state index < -0.39 is 11.2 Å². The summed E-state index contributed by atoms with van der Waals surface area (Å²) in [5.41, 5.74) is 1.36. The van der Waals surface area contributed by atoms with Crippen molar-refractivity contribution in [3.8, 4) is 11.4 Å². The molecular weight excluding hydrogens is 464 g/mol. The molecule has 2 aromatic heterocycles. The van der Waals surface area contributed by atoms with E-state index in [2.05, 4.69) is 5.32 Å². The fourth-order valence-corrected chi connectivity index (χ4v) is 4.41. The molecule has 35 heavy (non-hydrogen) atoms. The second-order valence-corrected chi connectivity index (χ2v) is 8.60. The van der Waals surface area contributed by atoms with Crippen molar-refractivity contribution in [2.24, 2.45) is 7.05 Å². The van der Waals surface area contributed by atoms with Crippen molar-refractivity contribution in [1.82, 2.24) is 13.7 Å². The van der Waals surface area contributed by atoms with Crippen LogP contribution in [0, 0.1) is 6.92 Å². The Morgan fingerprint density at radius 2 is 1.34 bits per heavy atom. The number of halogens is 1. The molecule has 0 unspecified atom stereocenters. The van der Waals surface area contributed by atoms with Crippen LogP contribution in [-0.2, 0) is 7.05 Å². The lowest BCUT2D eigenvalue weighted by Gasteiger charge is -2.19. The number of hydrogen-bond acceptors (Lipinski definition) is 4. The molecule has 0 atom stereocenters. The molecule has 0 fully saturated rings. The van der Waals surface area contributed by atoms with E-state index in [-0.39, 0.29) is 22.3 Å². The highest BCUT2D eigenvalue weighted by atomic mass is 35.5. The number of para-hydroxylation sites is 2. The van der Waals surface area contributed by atoms with Gasteiger partial charge in [0.1, 0.15) is 11.0 Å². The standard InChI is InChI=1S/C27H21ClN4O3/c1-17-13-14-21(20(28)15-17)29-22-16-23(33)30(2)25-24(22)26(34)32(19-11-7-4-8-12-19)27(35)31(25)18-9-5-3-6-10-18/h3-16,29H,1-2H3. The summed E-state index contributed by atoms with van der Waals surface area (Å²) >= 11 is 6.44. The van der Waals surface area contributed by atoms with Gasteiger partial charge in [0.2, 0.25) is 0 Å². The van der Waals surface area contributed by atoms with Gasteiger partial charge >= 0.3 is 5.69 Å². The minimum atomic E-state index is -0.583.